The first kappa shape index (κ1) is 23.6. The van der Waals surface area contributed by atoms with Crippen LogP contribution in [0.4, 0.5) is 11.9 Å². The second kappa shape index (κ2) is 13.5. The number of nitrogens with two attached hydrogens (primary N) is 1. The molecule has 4 N–H and O–H groups in total. The van der Waals surface area contributed by atoms with E-state index in [0.717, 1.165) is 11.3 Å². The van der Waals surface area contributed by atoms with Crippen LogP contribution in [-0.2, 0) is 16.0 Å². The van der Waals surface area contributed by atoms with Gasteiger partial charge in [0.1, 0.15) is 5.75 Å². The van der Waals surface area contributed by atoms with Crippen molar-refractivity contribution in [3.05, 3.63) is 29.8 Å². The Kier molecular flexibility index (Phi) is 10.6. The van der Waals surface area contributed by atoms with E-state index in [4.69, 9.17) is 24.7 Å². The van der Waals surface area contributed by atoms with Gasteiger partial charge in [-0.1, -0.05) is 12.1 Å². The maximum atomic E-state index is 5.65. The van der Waals surface area contributed by atoms with E-state index in [-0.39, 0.29) is 12.1 Å². The smallest absolute Gasteiger partial charge is 0.323 e. The van der Waals surface area contributed by atoms with Crippen molar-refractivity contribution in [3.8, 4) is 11.8 Å². The summed E-state index contributed by atoms with van der Waals surface area (Å²) in [6, 6.07) is 8.04. The SMILES string of the molecule is COc1cccc(CNc2nc(NCCOCCOCCN)nc(OC(C)C)n2)c1. The van der Waals surface area contributed by atoms with Crippen molar-refractivity contribution in [3.63, 3.8) is 0 Å². The molecule has 0 aliphatic rings. The molecular formula is C20H32N6O4. The quantitative estimate of drug-likeness (QED) is 0.366. The van der Waals surface area contributed by atoms with Crippen LogP contribution in [0.5, 0.6) is 11.8 Å². The third kappa shape index (κ3) is 9.21. The van der Waals surface area contributed by atoms with Crippen LogP contribution < -0.4 is 25.8 Å². The lowest BCUT2D eigenvalue weighted by Crippen LogP contribution is -2.17. The van der Waals surface area contributed by atoms with E-state index in [2.05, 4.69) is 25.6 Å². The molecule has 2 aromatic rings. The van der Waals surface area contributed by atoms with E-state index >= 15 is 0 Å². The maximum absolute atomic E-state index is 5.65. The molecule has 0 unspecified atom stereocenters. The highest BCUT2D eigenvalue weighted by Gasteiger charge is 2.09. The Hall–Kier alpha value is -2.69. The van der Waals surface area contributed by atoms with Crippen LogP contribution in [0.3, 0.4) is 0 Å². The number of benzene rings is 1. The summed E-state index contributed by atoms with van der Waals surface area (Å²) >= 11 is 0. The predicted molar refractivity (Wildman–Crippen MR) is 115 cm³/mol. The van der Waals surface area contributed by atoms with Gasteiger partial charge in [0.05, 0.1) is 39.6 Å². The lowest BCUT2D eigenvalue weighted by molar-refractivity contribution is 0.0547. The molecule has 0 atom stereocenters. The summed E-state index contributed by atoms with van der Waals surface area (Å²) < 4.78 is 21.7. The maximum Gasteiger partial charge on any atom is 0.323 e. The highest BCUT2D eigenvalue weighted by atomic mass is 16.5. The van der Waals surface area contributed by atoms with Gasteiger partial charge in [0.25, 0.3) is 0 Å². The standard InChI is InChI=1S/C20H32N6O4/c1-15(2)30-20-25-18(22-8-10-29-12-11-28-9-7-21)24-19(26-20)23-14-16-5-4-6-17(13-16)27-3/h4-6,13,15H,7-12,14,21H2,1-3H3,(H2,22,23,24,25,26). The Labute approximate surface area is 177 Å². The molecule has 1 aromatic carbocycles. The van der Waals surface area contributed by atoms with Crippen molar-refractivity contribution in [2.75, 3.05) is 57.3 Å². The zero-order valence-corrected chi connectivity index (χ0v) is 17.9. The van der Waals surface area contributed by atoms with Crippen molar-refractivity contribution < 1.29 is 18.9 Å². The number of nitrogens with one attached hydrogen (secondary N) is 2. The van der Waals surface area contributed by atoms with E-state index in [1.807, 2.05) is 38.1 Å². The van der Waals surface area contributed by atoms with Gasteiger partial charge in [-0.15, -0.1) is 0 Å². The molecule has 10 nitrogen and oxygen atoms in total. The van der Waals surface area contributed by atoms with Crippen molar-refractivity contribution in [1.29, 1.82) is 0 Å². The number of nitrogens with zero attached hydrogens (tertiary/aromatic N) is 3. The van der Waals surface area contributed by atoms with Crippen LogP contribution in [-0.4, -0.2) is 67.7 Å². The van der Waals surface area contributed by atoms with E-state index < -0.39 is 0 Å². The molecule has 166 valence electrons. The normalized spacial score (nSPS) is 10.8. The van der Waals surface area contributed by atoms with Gasteiger partial charge >= 0.3 is 6.01 Å². The average Bonchev–Trinajstić information content (AvgIpc) is 2.74. The monoisotopic (exact) mass is 420 g/mol. The second-order valence-corrected chi connectivity index (χ2v) is 6.58. The molecule has 10 heteroatoms. The van der Waals surface area contributed by atoms with Crippen molar-refractivity contribution in [2.45, 2.75) is 26.5 Å². The molecule has 30 heavy (non-hydrogen) atoms. The summed E-state index contributed by atoms with van der Waals surface area (Å²) in [5, 5.41) is 6.33. The minimum atomic E-state index is -0.0525. The van der Waals surface area contributed by atoms with E-state index in [0.29, 0.717) is 58.0 Å². The molecule has 0 saturated carbocycles. The number of aromatic nitrogens is 3. The summed E-state index contributed by atoms with van der Waals surface area (Å²) in [6.07, 6.45) is -0.0525. The first-order chi connectivity index (χ1) is 14.6. The minimum absolute atomic E-state index is 0.0525. The molecule has 1 aromatic heterocycles. The topological polar surface area (TPSA) is 126 Å². The first-order valence-corrected chi connectivity index (χ1v) is 9.99. The molecule has 0 aliphatic carbocycles. The van der Waals surface area contributed by atoms with E-state index in [9.17, 15) is 0 Å². The highest BCUT2D eigenvalue weighted by Crippen LogP contribution is 2.16. The molecule has 2 rings (SSSR count). The van der Waals surface area contributed by atoms with Gasteiger partial charge in [-0.3, -0.25) is 0 Å². The van der Waals surface area contributed by atoms with Gasteiger partial charge in [0, 0.05) is 19.6 Å². The molecule has 1 heterocycles. The Bertz CT molecular complexity index is 747. The molecule has 0 fully saturated rings. The zero-order chi connectivity index (χ0) is 21.6. The average molecular weight is 421 g/mol. The summed E-state index contributed by atoms with van der Waals surface area (Å²) in [7, 11) is 1.64. The Morgan fingerprint density at radius 1 is 0.967 bits per heavy atom. The van der Waals surface area contributed by atoms with Gasteiger partial charge in [0.2, 0.25) is 11.9 Å². The summed E-state index contributed by atoms with van der Waals surface area (Å²) in [6.45, 7) is 7.48. The van der Waals surface area contributed by atoms with Crippen molar-refractivity contribution in [2.24, 2.45) is 5.73 Å². The number of rotatable bonds is 15. The lowest BCUT2D eigenvalue weighted by Gasteiger charge is -2.13. The number of hydrogen-bond acceptors (Lipinski definition) is 10. The van der Waals surface area contributed by atoms with Crippen molar-refractivity contribution >= 4 is 11.9 Å². The highest BCUT2D eigenvalue weighted by molar-refractivity contribution is 5.37. The molecular weight excluding hydrogens is 388 g/mol. The Balaban J connectivity index is 1.90. The molecule has 0 radical (unpaired) electrons. The van der Waals surface area contributed by atoms with Gasteiger partial charge in [-0.25, -0.2) is 0 Å². The fourth-order valence-corrected chi connectivity index (χ4v) is 2.38. The second-order valence-electron chi connectivity index (χ2n) is 6.58. The molecule has 0 bridgehead atoms. The molecule has 0 saturated heterocycles. The summed E-state index contributed by atoms with van der Waals surface area (Å²) in [5.74, 6) is 1.63. The fourth-order valence-electron chi connectivity index (χ4n) is 2.38. The fraction of sp³-hybridized carbons (Fsp3) is 0.550. The first-order valence-electron chi connectivity index (χ1n) is 9.99. The zero-order valence-electron chi connectivity index (χ0n) is 17.9. The number of methoxy groups -OCH3 is 1. The van der Waals surface area contributed by atoms with Crippen LogP contribution in [0, 0.1) is 0 Å². The van der Waals surface area contributed by atoms with Gasteiger partial charge in [-0.2, -0.15) is 15.0 Å². The molecule has 0 amide bonds. The Morgan fingerprint density at radius 2 is 1.70 bits per heavy atom. The number of hydrogen-bond donors (Lipinski definition) is 3. The Morgan fingerprint density at radius 3 is 2.40 bits per heavy atom. The van der Waals surface area contributed by atoms with E-state index in [1.165, 1.54) is 0 Å². The number of ether oxygens (including phenoxy) is 4. The van der Waals surface area contributed by atoms with Crippen LogP contribution >= 0.6 is 0 Å². The van der Waals surface area contributed by atoms with E-state index in [1.54, 1.807) is 7.11 Å². The van der Waals surface area contributed by atoms with Crippen LogP contribution in [0.15, 0.2) is 24.3 Å². The predicted octanol–water partition coefficient (Wildman–Crippen LogP) is 1.68. The number of anilines is 2. The summed E-state index contributed by atoms with van der Waals surface area (Å²) in [5.41, 5.74) is 6.40. The van der Waals surface area contributed by atoms with Crippen LogP contribution in [0.25, 0.3) is 0 Å². The van der Waals surface area contributed by atoms with Gasteiger partial charge in [-0.05, 0) is 31.5 Å². The lowest BCUT2D eigenvalue weighted by atomic mass is 10.2. The largest absolute Gasteiger partial charge is 0.497 e. The molecule has 0 spiro atoms. The van der Waals surface area contributed by atoms with Gasteiger partial charge in [0.15, 0.2) is 0 Å². The molecule has 0 aliphatic heterocycles. The third-order valence-electron chi connectivity index (χ3n) is 3.70. The van der Waals surface area contributed by atoms with Gasteiger partial charge < -0.3 is 35.3 Å². The van der Waals surface area contributed by atoms with Crippen molar-refractivity contribution in [1.82, 2.24) is 15.0 Å². The van der Waals surface area contributed by atoms with Crippen LogP contribution in [0.2, 0.25) is 0 Å². The minimum Gasteiger partial charge on any atom is -0.497 e. The summed E-state index contributed by atoms with van der Waals surface area (Å²) in [4.78, 5) is 13.0. The third-order valence-corrected chi connectivity index (χ3v) is 3.70. The van der Waals surface area contributed by atoms with Crippen LogP contribution in [0.1, 0.15) is 19.4 Å².